The van der Waals surface area contributed by atoms with Crippen molar-refractivity contribution < 1.29 is 4.39 Å². The molecule has 2 N–H and O–H groups in total. The Labute approximate surface area is 108 Å². The predicted molar refractivity (Wildman–Crippen MR) is 67.9 cm³/mol. The van der Waals surface area contributed by atoms with E-state index in [2.05, 4.69) is 21.0 Å². The maximum atomic E-state index is 13.7. The van der Waals surface area contributed by atoms with Gasteiger partial charge in [-0.15, -0.1) is 0 Å². The van der Waals surface area contributed by atoms with E-state index < -0.39 is 6.04 Å². The fourth-order valence-corrected chi connectivity index (χ4v) is 2.40. The fraction of sp³-hybridized carbons (Fsp3) is 0.250. The lowest BCUT2D eigenvalue weighted by Gasteiger charge is -2.13. The van der Waals surface area contributed by atoms with Crippen molar-refractivity contribution in [1.29, 1.82) is 0 Å². The van der Waals surface area contributed by atoms with Crippen molar-refractivity contribution in [2.45, 2.75) is 12.5 Å². The first-order valence-electron chi connectivity index (χ1n) is 5.26. The average molecular weight is 298 g/mol. The lowest BCUT2D eigenvalue weighted by molar-refractivity contribution is 0.573. The highest BCUT2D eigenvalue weighted by Gasteiger charge is 2.16. The summed E-state index contributed by atoms with van der Waals surface area (Å²) < 4.78 is 16.1. The number of benzene rings is 1. The number of aromatic nitrogens is 2. The highest BCUT2D eigenvalue weighted by Crippen LogP contribution is 2.26. The van der Waals surface area contributed by atoms with Crippen molar-refractivity contribution in [3.63, 3.8) is 0 Å². The zero-order valence-electron chi connectivity index (χ0n) is 9.40. The Hall–Kier alpha value is -1.20. The first-order valence-corrected chi connectivity index (χ1v) is 6.05. The molecule has 1 unspecified atom stereocenters. The van der Waals surface area contributed by atoms with Gasteiger partial charge in [-0.3, -0.25) is 4.68 Å². The van der Waals surface area contributed by atoms with Crippen molar-refractivity contribution in [1.82, 2.24) is 9.78 Å². The Morgan fingerprint density at radius 2 is 2.24 bits per heavy atom. The Morgan fingerprint density at radius 1 is 1.47 bits per heavy atom. The van der Waals surface area contributed by atoms with Crippen molar-refractivity contribution in [3.05, 3.63) is 52.0 Å². The summed E-state index contributed by atoms with van der Waals surface area (Å²) in [5.74, 6) is -0.289. The molecule has 1 heterocycles. The maximum absolute atomic E-state index is 13.7. The number of rotatable bonds is 3. The topological polar surface area (TPSA) is 43.8 Å². The van der Waals surface area contributed by atoms with E-state index in [1.807, 2.05) is 19.3 Å². The summed E-state index contributed by atoms with van der Waals surface area (Å²) in [5.41, 5.74) is 7.37. The molecule has 3 nitrogen and oxygen atoms in total. The fourth-order valence-electron chi connectivity index (χ4n) is 1.76. The molecule has 0 aliphatic rings. The van der Waals surface area contributed by atoms with Crippen LogP contribution in [0, 0.1) is 5.82 Å². The van der Waals surface area contributed by atoms with Crippen LogP contribution in [-0.4, -0.2) is 9.78 Å². The van der Waals surface area contributed by atoms with Gasteiger partial charge >= 0.3 is 0 Å². The minimum atomic E-state index is -0.402. The summed E-state index contributed by atoms with van der Waals surface area (Å²) in [7, 11) is 1.84. The van der Waals surface area contributed by atoms with Crippen molar-refractivity contribution in [2.24, 2.45) is 12.8 Å². The Morgan fingerprint density at radius 3 is 2.82 bits per heavy atom. The largest absolute Gasteiger partial charge is 0.323 e. The maximum Gasteiger partial charge on any atom is 0.129 e. The molecule has 1 aromatic heterocycles. The molecule has 0 bridgehead atoms. The summed E-state index contributed by atoms with van der Waals surface area (Å²) in [4.78, 5) is 0. The van der Waals surface area contributed by atoms with Gasteiger partial charge in [-0.25, -0.2) is 4.39 Å². The Bertz CT molecular complexity index is 504. The minimum absolute atomic E-state index is 0.289. The Kier molecular flexibility index (Phi) is 3.59. The molecular formula is C12H13BrFN3. The molecule has 17 heavy (non-hydrogen) atoms. The molecule has 5 heteroatoms. The molecule has 0 amide bonds. The van der Waals surface area contributed by atoms with Crippen LogP contribution in [0.5, 0.6) is 0 Å². The number of nitrogens with two attached hydrogens (primary N) is 1. The van der Waals surface area contributed by atoms with Gasteiger partial charge < -0.3 is 5.73 Å². The SMILES string of the molecule is Cn1ccc(CC(N)c2c(F)cccc2Br)n1. The van der Waals surface area contributed by atoms with Gasteiger partial charge in [0, 0.05) is 35.7 Å². The van der Waals surface area contributed by atoms with Crippen LogP contribution in [0.4, 0.5) is 4.39 Å². The lowest BCUT2D eigenvalue weighted by Crippen LogP contribution is -2.16. The molecule has 2 rings (SSSR count). The van der Waals surface area contributed by atoms with Gasteiger partial charge in [0.1, 0.15) is 5.82 Å². The molecule has 0 aliphatic carbocycles. The van der Waals surface area contributed by atoms with Crippen LogP contribution in [0.1, 0.15) is 17.3 Å². The molecule has 1 aromatic carbocycles. The molecule has 1 atom stereocenters. The number of nitrogens with zero attached hydrogens (tertiary/aromatic N) is 2. The predicted octanol–water partition coefficient (Wildman–Crippen LogP) is 2.56. The zero-order valence-corrected chi connectivity index (χ0v) is 11.0. The van der Waals surface area contributed by atoms with E-state index in [9.17, 15) is 4.39 Å². The summed E-state index contributed by atoms with van der Waals surface area (Å²) in [6.07, 6.45) is 2.36. The third-order valence-corrected chi connectivity index (χ3v) is 3.26. The number of hydrogen-bond acceptors (Lipinski definition) is 2. The van der Waals surface area contributed by atoms with E-state index in [-0.39, 0.29) is 5.82 Å². The molecule has 0 fully saturated rings. The monoisotopic (exact) mass is 297 g/mol. The zero-order chi connectivity index (χ0) is 12.4. The number of halogens is 2. The summed E-state index contributed by atoms with van der Waals surface area (Å²) >= 11 is 3.32. The van der Waals surface area contributed by atoms with Crippen molar-refractivity contribution >= 4 is 15.9 Å². The van der Waals surface area contributed by atoms with Gasteiger partial charge in [0.25, 0.3) is 0 Å². The third-order valence-electron chi connectivity index (χ3n) is 2.57. The van der Waals surface area contributed by atoms with E-state index in [0.717, 1.165) is 5.69 Å². The van der Waals surface area contributed by atoms with Crippen LogP contribution in [0.3, 0.4) is 0 Å². The molecule has 0 saturated carbocycles. The summed E-state index contributed by atoms with van der Waals surface area (Å²) in [5, 5.41) is 4.23. The molecule has 0 aliphatic heterocycles. The number of hydrogen-bond donors (Lipinski definition) is 1. The van der Waals surface area contributed by atoms with E-state index >= 15 is 0 Å². The van der Waals surface area contributed by atoms with Gasteiger partial charge in [-0.1, -0.05) is 22.0 Å². The van der Waals surface area contributed by atoms with Gasteiger partial charge in [-0.2, -0.15) is 5.10 Å². The van der Waals surface area contributed by atoms with Crippen LogP contribution in [0.15, 0.2) is 34.9 Å². The highest BCUT2D eigenvalue weighted by molar-refractivity contribution is 9.10. The van der Waals surface area contributed by atoms with E-state index in [1.54, 1.807) is 16.8 Å². The van der Waals surface area contributed by atoms with E-state index in [1.165, 1.54) is 6.07 Å². The molecule has 90 valence electrons. The van der Waals surface area contributed by atoms with Gasteiger partial charge in [0.2, 0.25) is 0 Å². The van der Waals surface area contributed by atoms with Crippen molar-refractivity contribution in [3.8, 4) is 0 Å². The molecule has 0 radical (unpaired) electrons. The van der Waals surface area contributed by atoms with Crippen LogP contribution in [-0.2, 0) is 13.5 Å². The van der Waals surface area contributed by atoms with E-state index in [4.69, 9.17) is 5.73 Å². The quantitative estimate of drug-likeness (QED) is 0.946. The molecular weight excluding hydrogens is 285 g/mol. The van der Waals surface area contributed by atoms with E-state index in [0.29, 0.717) is 16.5 Å². The summed E-state index contributed by atoms with van der Waals surface area (Å²) in [6.45, 7) is 0. The van der Waals surface area contributed by atoms with Crippen molar-refractivity contribution in [2.75, 3.05) is 0 Å². The smallest absolute Gasteiger partial charge is 0.129 e. The van der Waals surface area contributed by atoms with Crippen LogP contribution < -0.4 is 5.73 Å². The molecule has 0 saturated heterocycles. The van der Waals surface area contributed by atoms with Crippen LogP contribution in [0.25, 0.3) is 0 Å². The normalized spacial score (nSPS) is 12.7. The number of aryl methyl sites for hydroxylation is 1. The first kappa shape index (κ1) is 12.3. The second-order valence-electron chi connectivity index (χ2n) is 3.93. The second kappa shape index (κ2) is 4.98. The minimum Gasteiger partial charge on any atom is -0.323 e. The third kappa shape index (κ3) is 2.73. The van der Waals surface area contributed by atoms with Crippen LogP contribution >= 0.6 is 15.9 Å². The molecule has 0 spiro atoms. The van der Waals surface area contributed by atoms with Crippen LogP contribution in [0.2, 0.25) is 0 Å². The standard InChI is InChI=1S/C12H13BrFN3/c1-17-6-5-8(16-17)7-11(15)12-9(13)3-2-4-10(12)14/h2-6,11H,7,15H2,1H3. The van der Waals surface area contributed by atoms with Gasteiger partial charge in [0.15, 0.2) is 0 Å². The highest BCUT2D eigenvalue weighted by atomic mass is 79.9. The second-order valence-corrected chi connectivity index (χ2v) is 4.78. The molecule has 2 aromatic rings. The lowest BCUT2D eigenvalue weighted by atomic mass is 10.0. The average Bonchev–Trinajstić information content (AvgIpc) is 2.63. The van der Waals surface area contributed by atoms with Gasteiger partial charge in [-0.05, 0) is 18.2 Å². The Balaban J connectivity index is 2.22. The van der Waals surface area contributed by atoms with Gasteiger partial charge in [0.05, 0.1) is 5.69 Å². The summed E-state index contributed by atoms with van der Waals surface area (Å²) in [6, 6.07) is 6.33. The first-order chi connectivity index (χ1) is 8.08.